The molecule has 1 amide bonds. The van der Waals surface area contributed by atoms with Gasteiger partial charge in [-0.25, -0.2) is 12.8 Å². The minimum atomic E-state index is -3.34. The number of hydrogen-bond donors (Lipinski definition) is 2. The van der Waals surface area contributed by atoms with Crippen LogP contribution in [0.25, 0.3) is 0 Å². The predicted octanol–water partition coefficient (Wildman–Crippen LogP) is 2.45. The monoisotopic (exact) mass is 308 g/mol. The summed E-state index contributed by atoms with van der Waals surface area (Å²) in [5.74, 6) is -0.936. The van der Waals surface area contributed by atoms with E-state index in [4.69, 9.17) is 0 Å². The molecule has 0 radical (unpaired) electrons. The number of sulfonamides is 1. The summed E-state index contributed by atoms with van der Waals surface area (Å²) in [7, 11) is -3.34. The van der Waals surface area contributed by atoms with Crippen molar-refractivity contribution in [3.05, 3.63) is 59.9 Å². The molecule has 2 rings (SSSR count). The van der Waals surface area contributed by atoms with Gasteiger partial charge in [0.15, 0.2) is 0 Å². The number of halogens is 1. The van der Waals surface area contributed by atoms with Gasteiger partial charge in [0.1, 0.15) is 5.82 Å². The van der Waals surface area contributed by atoms with Gasteiger partial charge in [-0.1, -0.05) is 6.07 Å². The molecule has 2 N–H and O–H groups in total. The van der Waals surface area contributed by atoms with E-state index < -0.39 is 21.7 Å². The van der Waals surface area contributed by atoms with Crippen LogP contribution in [-0.4, -0.2) is 20.6 Å². The first kappa shape index (κ1) is 15.0. The Morgan fingerprint density at radius 2 is 1.67 bits per heavy atom. The van der Waals surface area contributed by atoms with Crippen molar-refractivity contribution in [2.45, 2.75) is 0 Å². The van der Waals surface area contributed by atoms with Crippen molar-refractivity contribution < 1.29 is 17.6 Å². The van der Waals surface area contributed by atoms with Crippen LogP contribution in [0.1, 0.15) is 10.4 Å². The van der Waals surface area contributed by atoms with Crippen molar-refractivity contribution in [3.8, 4) is 0 Å². The molecular formula is C14H13FN2O3S. The number of carbonyl (C=O) groups excluding carboxylic acids is 1. The molecular weight excluding hydrogens is 295 g/mol. The fraction of sp³-hybridized carbons (Fsp3) is 0.0714. The van der Waals surface area contributed by atoms with Gasteiger partial charge in [0.25, 0.3) is 5.91 Å². The van der Waals surface area contributed by atoms with Crippen molar-refractivity contribution in [2.24, 2.45) is 0 Å². The first-order valence-electron chi connectivity index (χ1n) is 5.98. The third-order valence-electron chi connectivity index (χ3n) is 2.53. The molecule has 0 aromatic heterocycles. The molecule has 0 atom stereocenters. The lowest BCUT2D eigenvalue weighted by Crippen LogP contribution is -2.12. The Labute approximate surface area is 121 Å². The summed E-state index contributed by atoms with van der Waals surface area (Å²) in [6.07, 6.45) is 1.05. The Morgan fingerprint density at radius 1 is 1.05 bits per heavy atom. The standard InChI is InChI=1S/C14H13FN2O3S/c1-21(19,20)17-13-7-5-12(6-8-13)16-14(18)10-3-2-4-11(15)9-10/h2-9,17H,1H3,(H,16,18). The van der Waals surface area contributed by atoms with Gasteiger partial charge in [-0.3, -0.25) is 9.52 Å². The molecule has 0 saturated heterocycles. The molecule has 0 spiro atoms. The van der Waals surface area contributed by atoms with E-state index in [0.717, 1.165) is 12.3 Å². The molecule has 0 aliphatic heterocycles. The average Bonchev–Trinajstić information content (AvgIpc) is 2.39. The SMILES string of the molecule is CS(=O)(=O)Nc1ccc(NC(=O)c2cccc(F)c2)cc1. The van der Waals surface area contributed by atoms with Crippen LogP contribution < -0.4 is 10.0 Å². The van der Waals surface area contributed by atoms with E-state index in [-0.39, 0.29) is 5.56 Å². The fourth-order valence-corrected chi connectivity index (χ4v) is 2.23. The zero-order valence-electron chi connectivity index (χ0n) is 11.1. The molecule has 0 bridgehead atoms. The fourth-order valence-electron chi connectivity index (χ4n) is 1.67. The van der Waals surface area contributed by atoms with E-state index in [9.17, 15) is 17.6 Å². The van der Waals surface area contributed by atoms with Gasteiger partial charge < -0.3 is 5.32 Å². The van der Waals surface area contributed by atoms with Gasteiger partial charge >= 0.3 is 0 Å². The summed E-state index contributed by atoms with van der Waals surface area (Å²) in [6, 6.07) is 11.5. The molecule has 0 unspecified atom stereocenters. The minimum absolute atomic E-state index is 0.202. The number of carbonyl (C=O) groups is 1. The lowest BCUT2D eigenvalue weighted by atomic mass is 10.2. The van der Waals surface area contributed by atoms with Crippen LogP contribution in [0.2, 0.25) is 0 Å². The van der Waals surface area contributed by atoms with E-state index in [1.54, 1.807) is 12.1 Å². The summed E-state index contributed by atoms with van der Waals surface area (Å²) < 4.78 is 37.5. The Morgan fingerprint density at radius 3 is 2.24 bits per heavy atom. The van der Waals surface area contributed by atoms with Crippen LogP contribution in [0.3, 0.4) is 0 Å². The van der Waals surface area contributed by atoms with E-state index in [1.807, 2.05) is 0 Å². The number of amides is 1. The first-order valence-corrected chi connectivity index (χ1v) is 7.87. The average molecular weight is 308 g/mol. The molecule has 0 heterocycles. The smallest absolute Gasteiger partial charge is 0.255 e. The van der Waals surface area contributed by atoms with Crippen LogP contribution in [0, 0.1) is 5.82 Å². The third kappa shape index (κ3) is 4.57. The zero-order valence-corrected chi connectivity index (χ0v) is 11.9. The number of anilines is 2. The molecule has 2 aromatic carbocycles. The van der Waals surface area contributed by atoms with Crippen molar-refractivity contribution in [1.29, 1.82) is 0 Å². The number of nitrogens with one attached hydrogen (secondary N) is 2. The number of hydrogen-bond acceptors (Lipinski definition) is 3. The largest absolute Gasteiger partial charge is 0.322 e. The maximum Gasteiger partial charge on any atom is 0.255 e. The van der Waals surface area contributed by atoms with Crippen molar-refractivity contribution in [3.63, 3.8) is 0 Å². The molecule has 5 nitrogen and oxygen atoms in total. The first-order chi connectivity index (χ1) is 9.83. The summed E-state index contributed by atoms with van der Waals surface area (Å²) >= 11 is 0. The van der Waals surface area contributed by atoms with Crippen LogP contribution in [-0.2, 0) is 10.0 Å². The van der Waals surface area contributed by atoms with Crippen LogP contribution >= 0.6 is 0 Å². The van der Waals surface area contributed by atoms with Gasteiger partial charge in [-0.2, -0.15) is 0 Å². The van der Waals surface area contributed by atoms with E-state index in [1.165, 1.54) is 30.3 Å². The Balaban J connectivity index is 2.08. The lowest BCUT2D eigenvalue weighted by Gasteiger charge is -2.07. The van der Waals surface area contributed by atoms with Crippen molar-refractivity contribution in [2.75, 3.05) is 16.3 Å². The Bertz CT molecular complexity index is 758. The maximum atomic E-state index is 13.0. The second-order valence-corrected chi connectivity index (χ2v) is 6.16. The quantitative estimate of drug-likeness (QED) is 0.911. The second-order valence-electron chi connectivity index (χ2n) is 4.42. The van der Waals surface area contributed by atoms with E-state index in [0.29, 0.717) is 11.4 Å². The maximum absolute atomic E-state index is 13.0. The van der Waals surface area contributed by atoms with Crippen LogP contribution in [0.5, 0.6) is 0 Å². The summed E-state index contributed by atoms with van der Waals surface area (Å²) in [6.45, 7) is 0. The third-order valence-corrected chi connectivity index (χ3v) is 3.14. The highest BCUT2D eigenvalue weighted by Crippen LogP contribution is 2.15. The van der Waals surface area contributed by atoms with Crippen molar-refractivity contribution in [1.82, 2.24) is 0 Å². The van der Waals surface area contributed by atoms with Gasteiger partial charge in [0, 0.05) is 16.9 Å². The van der Waals surface area contributed by atoms with E-state index in [2.05, 4.69) is 10.0 Å². The van der Waals surface area contributed by atoms with Crippen LogP contribution in [0.4, 0.5) is 15.8 Å². The Kier molecular flexibility index (Phi) is 4.23. The van der Waals surface area contributed by atoms with Gasteiger partial charge in [-0.15, -0.1) is 0 Å². The van der Waals surface area contributed by atoms with Crippen LogP contribution in [0.15, 0.2) is 48.5 Å². The van der Waals surface area contributed by atoms with Crippen molar-refractivity contribution >= 4 is 27.3 Å². The summed E-state index contributed by atoms with van der Waals surface area (Å²) in [5.41, 5.74) is 1.07. The molecule has 7 heteroatoms. The van der Waals surface area contributed by atoms with E-state index >= 15 is 0 Å². The summed E-state index contributed by atoms with van der Waals surface area (Å²) in [4.78, 5) is 11.9. The highest BCUT2D eigenvalue weighted by Gasteiger charge is 2.07. The molecule has 0 aliphatic carbocycles. The molecule has 0 fully saturated rings. The predicted molar refractivity (Wildman–Crippen MR) is 79.3 cm³/mol. The highest BCUT2D eigenvalue weighted by atomic mass is 32.2. The topological polar surface area (TPSA) is 75.3 Å². The normalized spacial score (nSPS) is 11.0. The summed E-state index contributed by atoms with van der Waals surface area (Å²) in [5, 5.41) is 2.59. The lowest BCUT2D eigenvalue weighted by molar-refractivity contribution is 0.102. The molecule has 0 aliphatic rings. The second kappa shape index (κ2) is 5.92. The number of rotatable bonds is 4. The molecule has 2 aromatic rings. The Hall–Kier alpha value is -2.41. The van der Waals surface area contributed by atoms with Gasteiger partial charge in [0.2, 0.25) is 10.0 Å². The minimum Gasteiger partial charge on any atom is -0.322 e. The van der Waals surface area contributed by atoms with Gasteiger partial charge in [0.05, 0.1) is 6.26 Å². The zero-order chi connectivity index (χ0) is 15.5. The molecule has 21 heavy (non-hydrogen) atoms. The molecule has 110 valence electrons. The highest BCUT2D eigenvalue weighted by molar-refractivity contribution is 7.92. The number of benzene rings is 2. The van der Waals surface area contributed by atoms with Gasteiger partial charge in [-0.05, 0) is 42.5 Å². The molecule has 0 saturated carbocycles.